The van der Waals surface area contributed by atoms with E-state index < -0.39 is 5.54 Å². The number of nitrogens with one attached hydrogen (secondary N) is 2. The number of hydrazine groups is 1. The molecule has 1 aliphatic heterocycles. The maximum Gasteiger partial charge on any atom is 0.266 e. The van der Waals surface area contributed by atoms with Gasteiger partial charge in [0.1, 0.15) is 18.1 Å². The number of hydrogen-bond acceptors (Lipinski definition) is 8. The highest BCUT2D eigenvalue weighted by molar-refractivity contribution is 6.00. The zero-order valence-electron chi connectivity index (χ0n) is 22.2. The largest absolute Gasteiger partial charge is 0.497 e. The number of ether oxygens (including phenoxy) is 3. The van der Waals surface area contributed by atoms with Gasteiger partial charge in [0, 0.05) is 42.2 Å². The van der Waals surface area contributed by atoms with Gasteiger partial charge in [-0.3, -0.25) is 10.2 Å². The summed E-state index contributed by atoms with van der Waals surface area (Å²) in [4.78, 5) is 21.3. The van der Waals surface area contributed by atoms with E-state index in [1.54, 1.807) is 49.6 Å². The molecule has 0 radical (unpaired) electrons. The summed E-state index contributed by atoms with van der Waals surface area (Å²) in [6.45, 7) is 0.960. The molecule has 4 rings (SSSR count). The fraction of sp³-hybridized carbons (Fsp3) is 0.310. The monoisotopic (exact) mass is 544 g/mol. The number of amides is 1. The van der Waals surface area contributed by atoms with Gasteiger partial charge in [0.15, 0.2) is 5.54 Å². The molecule has 40 heavy (non-hydrogen) atoms. The van der Waals surface area contributed by atoms with E-state index in [1.165, 1.54) is 0 Å². The second-order valence-electron chi connectivity index (χ2n) is 9.16. The Morgan fingerprint density at radius 2 is 1.98 bits per heavy atom. The van der Waals surface area contributed by atoms with E-state index in [2.05, 4.69) is 20.9 Å². The van der Waals surface area contributed by atoms with E-state index in [9.17, 15) is 4.79 Å². The van der Waals surface area contributed by atoms with Crippen molar-refractivity contribution < 1.29 is 24.1 Å². The summed E-state index contributed by atoms with van der Waals surface area (Å²) in [5.74, 6) is 1.39. The molecule has 1 heterocycles. The first kappa shape index (κ1) is 28.4. The molecule has 3 N–H and O–H groups in total. The van der Waals surface area contributed by atoms with Crippen molar-refractivity contribution in [1.29, 1.82) is 0 Å². The van der Waals surface area contributed by atoms with Crippen LogP contribution in [0.25, 0.3) is 10.4 Å². The SMILES string of the molecule is COc1cccc(CCNNC(=O)[C@]2(Cc3ccccc3N=[N+]=[N-])COC(c3ccc(OCCCO)cc3)=N2)c1. The molecule has 0 fully saturated rings. The molecule has 0 aliphatic carbocycles. The topological polar surface area (TPSA) is 150 Å². The van der Waals surface area contributed by atoms with Gasteiger partial charge in [-0.25, -0.2) is 10.4 Å². The Morgan fingerprint density at radius 1 is 1.15 bits per heavy atom. The van der Waals surface area contributed by atoms with Crippen molar-refractivity contribution >= 4 is 17.5 Å². The molecule has 0 aromatic heterocycles. The van der Waals surface area contributed by atoms with E-state index in [-0.39, 0.29) is 25.5 Å². The van der Waals surface area contributed by atoms with Gasteiger partial charge in [-0.1, -0.05) is 41.5 Å². The van der Waals surface area contributed by atoms with Crippen LogP contribution in [0.1, 0.15) is 23.1 Å². The van der Waals surface area contributed by atoms with Crippen LogP contribution in [-0.4, -0.2) is 55.9 Å². The molecule has 11 heteroatoms. The van der Waals surface area contributed by atoms with Gasteiger partial charge in [-0.05, 0) is 59.5 Å². The van der Waals surface area contributed by atoms with Gasteiger partial charge in [0.2, 0.25) is 5.90 Å². The molecule has 3 aromatic carbocycles. The molecular formula is C29H32N6O5. The van der Waals surface area contributed by atoms with Crippen molar-refractivity contribution in [2.24, 2.45) is 10.1 Å². The summed E-state index contributed by atoms with van der Waals surface area (Å²) in [5.41, 5.74) is 16.4. The number of carbonyl (C=O) groups is 1. The fourth-order valence-corrected chi connectivity index (χ4v) is 4.25. The van der Waals surface area contributed by atoms with Gasteiger partial charge >= 0.3 is 0 Å². The first-order valence-electron chi connectivity index (χ1n) is 12.9. The predicted molar refractivity (Wildman–Crippen MR) is 151 cm³/mol. The third kappa shape index (κ3) is 7.29. The third-order valence-electron chi connectivity index (χ3n) is 6.36. The highest BCUT2D eigenvalue weighted by Gasteiger charge is 2.45. The van der Waals surface area contributed by atoms with Crippen LogP contribution in [0.15, 0.2) is 82.9 Å². The number of aliphatic hydroxyl groups excluding tert-OH is 1. The number of benzene rings is 3. The summed E-state index contributed by atoms with van der Waals surface area (Å²) in [6.07, 6.45) is 1.37. The number of azide groups is 1. The van der Waals surface area contributed by atoms with Crippen LogP contribution >= 0.6 is 0 Å². The summed E-state index contributed by atoms with van der Waals surface area (Å²) in [6, 6.07) is 22.0. The summed E-state index contributed by atoms with van der Waals surface area (Å²) < 4.78 is 16.8. The zero-order chi connectivity index (χ0) is 28.2. The van der Waals surface area contributed by atoms with Crippen LogP contribution in [0.3, 0.4) is 0 Å². The van der Waals surface area contributed by atoms with Crippen LogP contribution < -0.4 is 20.3 Å². The number of nitrogens with zero attached hydrogens (tertiary/aromatic N) is 4. The standard InChI is InChI=1S/C29H32N6O5/c1-38-25-8-4-6-21(18-25)14-15-31-34-28(37)29(19-23-7-2-3-9-26(23)33-35-30)20-40-27(32-29)22-10-12-24(13-11-22)39-17-5-16-36/h2-4,6-13,18,31,36H,5,14-17,19-20H2,1H3,(H,34,37)/t29-/m0/s1. The normalized spacial score (nSPS) is 15.9. The lowest BCUT2D eigenvalue weighted by atomic mass is 9.91. The lowest BCUT2D eigenvalue weighted by molar-refractivity contribution is -0.127. The Balaban J connectivity index is 1.51. The van der Waals surface area contributed by atoms with E-state index in [4.69, 9.17) is 29.8 Å². The second-order valence-corrected chi connectivity index (χ2v) is 9.16. The Morgan fingerprint density at radius 3 is 2.75 bits per heavy atom. The van der Waals surface area contributed by atoms with Crippen LogP contribution in [0.2, 0.25) is 0 Å². The van der Waals surface area contributed by atoms with Crippen LogP contribution in [0.5, 0.6) is 11.5 Å². The van der Waals surface area contributed by atoms with Crippen molar-refractivity contribution in [1.82, 2.24) is 10.9 Å². The quantitative estimate of drug-likeness (QED) is 0.0917. The molecule has 0 saturated carbocycles. The molecule has 3 aromatic rings. The van der Waals surface area contributed by atoms with Crippen LogP contribution in [0.4, 0.5) is 5.69 Å². The van der Waals surface area contributed by atoms with Crippen LogP contribution in [-0.2, 0) is 22.4 Å². The van der Waals surface area contributed by atoms with E-state index in [0.717, 1.165) is 11.3 Å². The first-order chi connectivity index (χ1) is 19.6. The molecule has 0 bridgehead atoms. The van der Waals surface area contributed by atoms with Crippen molar-refractivity contribution in [3.8, 4) is 11.5 Å². The van der Waals surface area contributed by atoms with Crippen molar-refractivity contribution in [2.75, 3.05) is 33.5 Å². The Labute approximate surface area is 232 Å². The Kier molecular flexibility index (Phi) is 9.95. The number of hydrogen-bond donors (Lipinski definition) is 3. The number of methoxy groups -OCH3 is 1. The Hall–Kier alpha value is -4.57. The fourth-order valence-electron chi connectivity index (χ4n) is 4.25. The minimum absolute atomic E-state index is 0.00504. The average molecular weight is 545 g/mol. The summed E-state index contributed by atoms with van der Waals surface area (Å²) in [5, 5.41) is 12.7. The van der Waals surface area contributed by atoms with Crippen molar-refractivity contribution in [3.63, 3.8) is 0 Å². The molecule has 11 nitrogen and oxygen atoms in total. The minimum atomic E-state index is -1.30. The number of rotatable bonds is 14. The first-order valence-corrected chi connectivity index (χ1v) is 12.9. The number of aliphatic imine (C=N–C) groups is 1. The van der Waals surface area contributed by atoms with Crippen molar-refractivity contribution in [3.05, 3.63) is 99.9 Å². The lowest BCUT2D eigenvalue weighted by Gasteiger charge is -2.24. The van der Waals surface area contributed by atoms with Gasteiger partial charge in [0.05, 0.1) is 13.7 Å². The van der Waals surface area contributed by atoms with Gasteiger partial charge in [0.25, 0.3) is 5.91 Å². The molecule has 0 saturated heterocycles. The highest BCUT2D eigenvalue weighted by Crippen LogP contribution is 2.31. The third-order valence-corrected chi connectivity index (χ3v) is 6.36. The maximum absolute atomic E-state index is 13.6. The molecule has 0 spiro atoms. The number of carbonyl (C=O) groups excluding carboxylic acids is 1. The zero-order valence-corrected chi connectivity index (χ0v) is 22.2. The Bertz CT molecular complexity index is 1370. The molecule has 1 atom stereocenters. The van der Waals surface area contributed by atoms with Crippen LogP contribution in [0, 0.1) is 0 Å². The molecule has 1 aliphatic rings. The predicted octanol–water partition coefficient (Wildman–Crippen LogP) is 4.02. The van der Waals surface area contributed by atoms with Gasteiger partial charge < -0.3 is 19.3 Å². The van der Waals surface area contributed by atoms with E-state index >= 15 is 0 Å². The lowest BCUT2D eigenvalue weighted by Crippen LogP contribution is -2.53. The van der Waals surface area contributed by atoms with E-state index in [0.29, 0.717) is 54.5 Å². The van der Waals surface area contributed by atoms with Crippen molar-refractivity contribution in [2.45, 2.75) is 24.8 Å². The molecule has 0 unspecified atom stereocenters. The molecule has 1 amide bonds. The number of aliphatic hydroxyl groups is 1. The van der Waals surface area contributed by atoms with Gasteiger partial charge in [-0.15, -0.1) is 0 Å². The maximum atomic E-state index is 13.6. The minimum Gasteiger partial charge on any atom is -0.497 e. The smallest absolute Gasteiger partial charge is 0.266 e. The van der Waals surface area contributed by atoms with E-state index in [1.807, 2.05) is 30.3 Å². The molecular weight excluding hydrogens is 512 g/mol. The van der Waals surface area contributed by atoms with Gasteiger partial charge in [-0.2, -0.15) is 0 Å². The summed E-state index contributed by atoms with van der Waals surface area (Å²) >= 11 is 0. The average Bonchev–Trinajstić information content (AvgIpc) is 3.42. The second kappa shape index (κ2) is 14.0. The molecule has 208 valence electrons. The highest BCUT2D eigenvalue weighted by atomic mass is 16.5. The summed E-state index contributed by atoms with van der Waals surface area (Å²) in [7, 11) is 1.62.